The Kier molecular flexibility index (Phi) is 6.29. The SMILES string of the molecule is COc1ccc(N(CCO)C(C)Cc2ccccc2)cc1OC. The van der Waals surface area contributed by atoms with Crippen LogP contribution in [-0.4, -0.2) is 38.5 Å². The molecule has 0 amide bonds. The number of ether oxygens (including phenoxy) is 2. The molecule has 1 atom stereocenters. The molecule has 0 saturated carbocycles. The first-order valence-electron chi connectivity index (χ1n) is 7.83. The van der Waals surface area contributed by atoms with Crippen molar-refractivity contribution in [3.8, 4) is 11.5 Å². The molecule has 0 aliphatic heterocycles. The summed E-state index contributed by atoms with van der Waals surface area (Å²) in [7, 11) is 3.26. The highest BCUT2D eigenvalue weighted by Gasteiger charge is 2.16. The molecule has 0 aliphatic carbocycles. The lowest BCUT2D eigenvalue weighted by Crippen LogP contribution is -2.37. The van der Waals surface area contributed by atoms with Crippen molar-refractivity contribution in [2.75, 3.05) is 32.3 Å². The van der Waals surface area contributed by atoms with E-state index in [1.807, 2.05) is 24.3 Å². The third-order valence-corrected chi connectivity index (χ3v) is 3.95. The lowest BCUT2D eigenvalue weighted by Gasteiger charge is -2.31. The summed E-state index contributed by atoms with van der Waals surface area (Å²) in [6, 6.07) is 16.5. The minimum atomic E-state index is 0.105. The molecule has 0 radical (unpaired) electrons. The van der Waals surface area contributed by atoms with Crippen LogP contribution < -0.4 is 14.4 Å². The van der Waals surface area contributed by atoms with Crippen LogP contribution in [0.5, 0.6) is 11.5 Å². The van der Waals surface area contributed by atoms with E-state index in [2.05, 4.69) is 36.1 Å². The Morgan fingerprint density at radius 3 is 2.30 bits per heavy atom. The topological polar surface area (TPSA) is 41.9 Å². The van der Waals surface area contributed by atoms with Crippen molar-refractivity contribution in [1.29, 1.82) is 0 Å². The Labute approximate surface area is 138 Å². The molecule has 2 rings (SSSR count). The summed E-state index contributed by atoms with van der Waals surface area (Å²) in [5, 5.41) is 9.44. The molecule has 0 spiro atoms. The van der Waals surface area contributed by atoms with Crippen molar-refractivity contribution >= 4 is 5.69 Å². The van der Waals surface area contributed by atoms with Gasteiger partial charge in [-0.1, -0.05) is 30.3 Å². The average molecular weight is 315 g/mol. The monoisotopic (exact) mass is 315 g/mol. The number of hydrogen-bond donors (Lipinski definition) is 1. The highest BCUT2D eigenvalue weighted by Crippen LogP contribution is 2.32. The van der Waals surface area contributed by atoms with Crippen LogP contribution in [0.2, 0.25) is 0 Å². The van der Waals surface area contributed by atoms with Crippen LogP contribution in [0.1, 0.15) is 12.5 Å². The van der Waals surface area contributed by atoms with Gasteiger partial charge in [0.15, 0.2) is 11.5 Å². The molecule has 0 aromatic heterocycles. The molecule has 23 heavy (non-hydrogen) atoms. The highest BCUT2D eigenvalue weighted by atomic mass is 16.5. The fraction of sp³-hybridized carbons (Fsp3) is 0.368. The zero-order valence-corrected chi connectivity index (χ0v) is 14.0. The molecule has 0 heterocycles. The van der Waals surface area contributed by atoms with E-state index in [1.54, 1.807) is 14.2 Å². The normalized spacial score (nSPS) is 11.8. The highest BCUT2D eigenvalue weighted by molar-refractivity contribution is 5.57. The largest absolute Gasteiger partial charge is 0.493 e. The Bertz CT molecular complexity index is 601. The van der Waals surface area contributed by atoms with E-state index < -0.39 is 0 Å². The van der Waals surface area contributed by atoms with Crippen molar-refractivity contribution in [1.82, 2.24) is 0 Å². The van der Waals surface area contributed by atoms with E-state index in [9.17, 15) is 5.11 Å². The van der Waals surface area contributed by atoms with Gasteiger partial charge in [0.05, 0.1) is 20.8 Å². The van der Waals surface area contributed by atoms with E-state index in [0.29, 0.717) is 18.0 Å². The van der Waals surface area contributed by atoms with E-state index in [0.717, 1.165) is 12.1 Å². The predicted octanol–water partition coefficient (Wildman–Crippen LogP) is 3.13. The molecular formula is C19H25NO3. The van der Waals surface area contributed by atoms with Crippen LogP contribution in [-0.2, 0) is 6.42 Å². The van der Waals surface area contributed by atoms with Gasteiger partial charge in [-0.3, -0.25) is 0 Å². The van der Waals surface area contributed by atoms with Crippen LogP contribution in [0.4, 0.5) is 5.69 Å². The maximum Gasteiger partial charge on any atom is 0.162 e. The molecule has 0 aliphatic rings. The van der Waals surface area contributed by atoms with Gasteiger partial charge in [-0.2, -0.15) is 0 Å². The quantitative estimate of drug-likeness (QED) is 0.812. The van der Waals surface area contributed by atoms with Crippen LogP contribution in [0.3, 0.4) is 0 Å². The molecule has 0 bridgehead atoms. The van der Waals surface area contributed by atoms with Crippen molar-refractivity contribution in [2.45, 2.75) is 19.4 Å². The second-order valence-corrected chi connectivity index (χ2v) is 5.50. The first-order chi connectivity index (χ1) is 11.2. The van der Waals surface area contributed by atoms with Gasteiger partial charge in [-0.15, -0.1) is 0 Å². The maximum absolute atomic E-state index is 9.44. The van der Waals surface area contributed by atoms with Gasteiger partial charge in [-0.25, -0.2) is 0 Å². The first kappa shape index (κ1) is 17.2. The second kappa shape index (κ2) is 8.44. The summed E-state index contributed by atoms with van der Waals surface area (Å²) >= 11 is 0. The number of rotatable bonds is 8. The molecule has 4 nitrogen and oxygen atoms in total. The van der Waals surface area contributed by atoms with Crippen molar-refractivity contribution in [3.05, 3.63) is 54.1 Å². The van der Waals surface area contributed by atoms with Crippen LogP contribution in [0.15, 0.2) is 48.5 Å². The Morgan fingerprint density at radius 2 is 1.70 bits per heavy atom. The molecule has 2 aromatic carbocycles. The van der Waals surface area contributed by atoms with Gasteiger partial charge in [0.25, 0.3) is 0 Å². The zero-order valence-electron chi connectivity index (χ0n) is 14.0. The Morgan fingerprint density at radius 1 is 1.00 bits per heavy atom. The first-order valence-corrected chi connectivity index (χ1v) is 7.83. The van der Waals surface area contributed by atoms with Gasteiger partial charge >= 0.3 is 0 Å². The smallest absolute Gasteiger partial charge is 0.162 e. The van der Waals surface area contributed by atoms with Gasteiger partial charge < -0.3 is 19.5 Å². The summed E-state index contributed by atoms with van der Waals surface area (Å²) in [5.41, 5.74) is 2.29. The van der Waals surface area contributed by atoms with Crippen molar-refractivity contribution in [2.24, 2.45) is 0 Å². The average Bonchev–Trinajstić information content (AvgIpc) is 2.59. The number of methoxy groups -OCH3 is 2. The standard InChI is InChI=1S/C19H25NO3/c1-15(13-16-7-5-4-6-8-16)20(11-12-21)17-9-10-18(22-2)19(14-17)23-3/h4-10,14-15,21H,11-13H2,1-3H3. The van der Waals surface area contributed by atoms with Crippen molar-refractivity contribution in [3.63, 3.8) is 0 Å². The molecule has 124 valence electrons. The minimum Gasteiger partial charge on any atom is -0.493 e. The summed E-state index contributed by atoms with van der Waals surface area (Å²) in [4.78, 5) is 2.19. The Hall–Kier alpha value is -2.20. The number of hydrogen-bond acceptors (Lipinski definition) is 4. The molecule has 4 heteroatoms. The molecule has 2 aromatic rings. The number of nitrogens with zero attached hydrogens (tertiary/aromatic N) is 1. The lowest BCUT2D eigenvalue weighted by atomic mass is 10.1. The number of benzene rings is 2. The maximum atomic E-state index is 9.44. The molecular weight excluding hydrogens is 290 g/mol. The number of anilines is 1. The third kappa shape index (κ3) is 4.39. The fourth-order valence-corrected chi connectivity index (χ4v) is 2.78. The second-order valence-electron chi connectivity index (χ2n) is 5.50. The van der Waals surface area contributed by atoms with Gasteiger partial charge in [-0.05, 0) is 31.0 Å². The van der Waals surface area contributed by atoms with Crippen LogP contribution in [0, 0.1) is 0 Å². The van der Waals surface area contributed by atoms with Crippen LogP contribution >= 0.6 is 0 Å². The molecule has 0 fully saturated rings. The number of aliphatic hydroxyl groups is 1. The van der Waals surface area contributed by atoms with Gasteiger partial charge in [0.1, 0.15) is 0 Å². The van der Waals surface area contributed by atoms with Crippen LogP contribution in [0.25, 0.3) is 0 Å². The summed E-state index contributed by atoms with van der Waals surface area (Å²) in [5.74, 6) is 1.40. The van der Waals surface area contributed by atoms with E-state index in [4.69, 9.17) is 9.47 Å². The fourth-order valence-electron chi connectivity index (χ4n) is 2.78. The third-order valence-electron chi connectivity index (χ3n) is 3.95. The Balaban J connectivity index is 2.23. The molecule has 0 saturated heterocycles. The van der Waals surface area contributed by atoms with Gasteiger partial charge in [0.2, 0.25) is 0 Å². The minimum absolute atomic E-state index is 0.105. The van der Waals surface area contributed by atoms with E-state index in [-0.39, 0.29) is 12.6 Å². The predicted molar refractivity (Wildman–Crippen MR) is 93.6 cm³/mol. The summed E-state index contributed by atoms with van der Waals surface area (Å²) in [6.45, 7) is 2.84. The molecule has 1 N–H and O–H groups in total. The summed E-state index contributed by atoms with van der Waals surface area (Å²) < 4.78 is 10.7. The lowest BCUT2D eigenvalue weighted by molar-refractivity contribution is 0.298. The number of aliphatic hydroxyl groups excluding tert-OH is 1. The van der Waals surface area contributed by atoms with Gasteiger partial charge in [0, 0.05) is 24.3 Å². The van der Waals surface area contributed by atoms with E-state index in [1.165, 1.54) is 5.56 Å². The van der Waals surface area contributed by atoms with E-state index >= 15 is 0 Å². The molecule has 1 unspecified atom stereocenters. The van der Waals surface area contributed by atoms with Crippen molar-refractivity contribution < 1.29 is 14.6 Å². The summed E-state index contributed by atoms with van der Waals surface area (Å²) in [6.07, 6.45) is 0.912. The zero-order chi connectivity index (χ0) is 16.7.